The molecule has 0 saturated carbocycles. The summed E-state index contributed by atoms with van der Waals surface area (Å²) in [5, 5.41) is 12.3. The molecule has 1 aliphatic rings. The van der Waals surface area contributed by atoms with Crippen molar-refractivity contribution in [3.8, 4) is 5.75 Å². The summed E-state index contributed by atoms with van der Waals surface area (Å²) in [6.07, 6.45) is 1.99. The van der Waals surface area contributed by atoms with Crippen LogP contribution in [0.1, 0.15) is 16.4 Å². The van der Waals surface area contributed by atoms with Crippen LogP contribution in [0.4, 0.5) is 0 Å². The predicted octanol–water partition coefficient (Wildman–Crippen LogP) is 4.75. The second-order valence-electron chi connectivity index (χ2n) is 6.58. The second-order valence-corrected chi connectivity index (χ2v) is 8.20. The summed E-state index contributed by atoms with van der Waals surface area (Å²) in [7, 11) is 5.35. The van der Waals surface area contributed by atoms with E-state index >= 15 is 0 Å². The van der Waals surface area contributed by atoms with Gasteiger partial charge in [0.25, 0.3) is 0 Å². The van der Waals surface area contributed by atoms with Gasteiger partial charge in [-0.05, 0) is 55.6 Å². The quantitative estimate of drug-likeness (QED) is 0.531. The molecule has 5 nitrogen and oxygen atoms in total. The Morgan fingerprint density at radius 1 is 1.11 bits per heavy atom. The molecule has 0 saturated heterocycles. The number of nitrogens with zero attached hydrogens (tertiary/aromatic N) is 2. The van der Waals surface area contributed by atoms with E-state index in [2.05, 4.69) is 0 Å². The molecule has 0 fully saturated rings. The lowest BCUT2D eigenvalue weighted by Gasteiger charge is -2.34. The number of hydrogen-bond acceptors (Lipinski definition) is 5. The van der Waals surface area contributed by atoms with Crippen LogP contribution in [-0.2, 0) is 0 Å². The maximum absolute atomic E-state index is 12.0. The Balaban J connectivity index is 2.05. The average Bonchev–Trinajstić information content (AvgIpc) is 2.67. The first kappa shape index (κ1) is 19.7. The molecule has 0 spiro atoms. The van der Waals surface area contributed by atoms with E-state index < -0.39 is 6.04 Å². The molecular weight excluding hydrogens is 384 g/mol. The predicted molar refractivity (Wildman–Crippen MR) is 111 cm³/mol. The Morgan fingerprint density at radius 3 is 2.26 bits per heavy atom. The first-order chi connectivity index (χ1) is 12.9. The van der Waals surface area contributed by atoms with Crippen molar-refractivity contribution in [2.45, 2.75) is 17.3 Å². The van der Waals surface area contributed by atoms with Crippen LogP contribution in [0.15, 0.2) is 54.6 Å². The fraction of sp³-hybridized carbons (Fsp3) is 0.300. The lowest BCUT2D eigenvalue weighted by molar-refractivity contribution is -0.528. The van der Waals surface area contributed by atoms with Gasteiger partial charge in [0.05, 0.1) is 13.2 Å². The van der Waals surface area contributed by atoms with Crippen LogP contribution in [-0.4, -0.2) is 43.1 Å². The maximum Gasteiger partial charge on any atom is 0.247 e. The number of hydrogen-bond donors (Lipinski definition) is 0. The lowest BCUT2D eigenvalue weighted by atomic mass is 9.96. The molecule has 1 aliphatic heterocycles. The van der Waals surface area contributed by atoms with Gasteiger partial charge >= 0.3 is 0 Å². The van der Waals surface area contributed by atoms with E-state index in [0.717, 1.165) is 21.8 Å². The van der Waals surface area contributed by atoms with Crippen molar-refractivity contribution in [1.82, 2.24) is 4.90 Å². The van der Waals surface area contributed by atoms with E-state index in [-0.39, 0.29) is 16.2 Å². The molecule has 0 amide bonds. The number of methoxy groups -OCH3 is 1. The van der Waals surface area contributed by atoms with Gasteiger partial charge in [0.2, 0.25) is 6.04 Å². The standard InChI is InChI=1S/C20H21ClN2O3S/c1-22(2)17-12-18(13-4-8-15(21)9-5-13)27-20(19(17)23(24)25)14-6-10-16(26-3)11-7-14/h4-12,17,19-20H,1-3H3/t17-,19+,20-/m1/s1. The van der Waals surface area contributed by atoms with Crippen molar-refractivity contribution in [2.75, 3.05) is 21.2 Å². The fourth-order valence-electron chi connectivity index (χ4n) is 3.21. The van der Waals surface area contributed by atoms with Crippen LogP contribution < -0.4 is 4.74 Å². The third-order valence-electron chi connectivity index (χ3n) is 4.65. The van der Waals surface area contributed by atoms with E-state index in [4.69, 9.17) is 16.3 Å². The van der Waals surface area contributed by atoms with Crippen molar-refractivity contribution in [3.63, 3.8) is 0 Å². The summed E-state index contributed by atoms with van der Waals surface area (Å²) >= 11 is 7.54. The molecule has 2 aromatic rings. The van der Waals surface area contributed by atoms with Crippen LogP contribution in [0.3, 0.4) is 0 Å². The van der Waals surface area contributed by atoms with E-state index in [1.54, 1.807) is 7.11 Å². The van der Waals surface area contributed by atoms with Gasteiger partial charge in [0.1, 0.15) is 11.0 Å². The van der Waals surface area contributed by atoms with Crippen LogP contribution in [0, 0.1) is 10.1 Å². The van der Waals surface area contributed by atoms with Crippen molar-refractivity contribution in [1.29, 1.82) is 0 Å². The number of nitro groups is 1. The van der Waals surface area contributed by atoms with E-state index in [1.807, 2.05) is 73.6 Å². The summed E-state index contributed by atoms with van der Waals surface area (Å²) in [5.41, 5.74) is 1.92. The zero-order valence-electron chi connectivity index (χ0n) is 15.3. The Morgan fingerprint density at radius 2 is 1.74 bits per heavy atom. The van der Waals surface area contributed by atoms with Gasteiger partial charge < -0.3 is 4.74 Å². The average molecular weight is 405 g/mol. The molecule has 142 valence electrons. The van der Waals surface area contributed by atoms with Crippen molar-refractivity contribution < 1.29 is 9.66 Å². The third-order valence-corrected chi connectivity index (χ3v) is 6.33. The van der Waals surface area contributed by atoms with Gasteiger partial charge in [0, 0.05) is 14.9 Å². The minimum Gasteiger partial charge on any atom is -0.497 e. The fourth-order valence-corrected chi connectivity index (χ4v) is 4.79. The van der Waals surface area contributed by atoms with Gasteiger partial charge in [-0.15, -0.1) is 11.8 Å². The van der Waals surface area contributed by atoms with Crippen molar-refractivity contribution >= 4 is 28.3 Å². The van der Waals surface area contributed by atoms with Crippen LogP contribution in [0.25, 0.3) is 4.91 Å². The summed E-state index contributed by atoms with van der Waals surface area (Å²) in [4.78, 5) is 14.7. The molecule has 2 aromatic carbocycles. The summed E-state index contributed by atoms with van der Waals surface area (Å²) < 4.78 is 5.22. The highest BCUT2D eigenvalue weighted by molar-refractivity contribution is 8.08. The molecule has 0 bridgehead atoms. The molecule has 0 radical (unpaired) electrons. The molecule has 1 heterocycles. The molecule has 0 aliphatic carbocycles. The first-order valence-electron chi connectivity index (χ1n) is 8.49. The summed E-state index contributed by atoms with van der Waals surface area (Å²) in [6.45, 7) is 0. The highest BCUT2D eigenvalue weighted by Gasteiger charge is 2.44. The number of halogens is 1. The molecular formula is C20H21ClN2O3S. The number of thioether (sulfide) groups is 1. The Labute approximate surface area is 168 Å². The zero-order chi connectivity index (χ0) is 19.6. The molecule has 0 N–H and O–H groups in total. The molecule has 3 rings (SSSR count). The SMILES string of the molecule is COc1ccc([C@H]2SC(c3ccc(Cl)cc3)=C[C@@H](N(C)C)[C@@H]2[N+](=O)[O-])cc1. The molecule has 0 unspecified atom stereocenters. The summed E-state index contributed by atoms with van der Waals surface area (Å²) in [6, 6.07) is 14.0. The van der Waals surface area contributed by atoms with Crippen LogP contribution in [0.5, 0.6) is 5.75 Å². The number of rotatable bonds is 5. The van der Waals surface area contributed by atoms with Gasteiger partial charge in [-0.1, -0.05) is 35.9 Å². The molecule has 0 aromatic heterocycles. The first-order valence-corrected chi connectivity index (χ1v) is 9.74. The molecule has 3 atom stereocenters. The number of benzene rings is 2. The van der Waals surface area contributed by atoms with E-state index in [0.29, 0.717) is 5.02 Å². The van der Waals surface area contributed by atoms with Gasteiger partial charge in [0.15, 0.2) is 0 Å². The van der Waals surface area contributed by atoms with Gasteiger partial charge in [-0.3, -0.25) is 15.0 Å². The number of ether oxygens (including phenoxy) is 1. The number of likely N-dealkylation sites (N-methyl/N-ethyl adjacent to an activating group) is 1. The highest BCUT2D eigenvalue weighted by Crippen LogP contribution is 2.48. The smallest absolute Gasteiger partial charge is 0.247 e. The topological polar surface area (TPSA) is 55.6 Å². The third kappa shape index (κ3) is 4.29. The molecule has 7 heteroatoms. The lowest BCUT2D eigenvalue weighted by Crippen LogP contribution is -2.46. The molecule has 27 heavy (non-hydrogen) atoms. The van der Waals surface area contributed by atoms with E-state index in [1.165, 1.54) is 11.8 Å². The second kappa shape index (κ2) is 8.33. The van der Waals surface area contributed by atoms with Crippen LogP contribution >= 0.6 is 23.4 Å². The minimum atomic E-state index is -0.755. The monoisotopic (exact) mass is 404 g/mol. The van der Waals surface area contributed by atoms with Crippen molar-refractivity contribution in [3.05, 3.63) is 80.9 Å². The maximum atomic E-state index is 12.0. The van der Waals surface area contributed by atoms with Crippen molar-refractivity contribution in [2.24, 2.45) is 0 Å². The van der Waals surface area contributed by atoms with Gasteiger partial charge in [-0.2, -0.15) is 0 Å². The largest absolute Gasteiger partial charge is 0.497 e. The summed E-state index contributed by atoms with van der Waals surface area (Å²) in [5.74, 6) is 0.731. The van der Waals surface area contributed by atoms with Gasteiger partial charge in [-0.25, -0.2) is 0 Å². The zero-order valence-corrected chi connectivity index (χ0v) is 16.9. The Bertz CT molecular complexity index is 837. The van der Waals surface area contributed by atoms with Crippen LogP contribution in [0.2, 0.25) is 5.02 Å². The van der Waals surface area contributed by atoms with E-state index in [9.17, 15) is 10.1 Å². The Kier molecular flexibility index (Phi) is 6.09. The highest BCUT2D eigenvalue weighted by atomic mass is 35.5. The Hall–Kier alpha value is -2.02. The normalized spacial score (nSPS) is 22.4. The minimum absolute atomic E-state index is 0.165.